The molecule has 0 radical (unpaired) electrons. The van der Waals surface area contributed by atoms with E-state index in [0.29, 0.717) is 17.5 Å². The smallest absolute Gasteiger partial charge is 0.165 e. The van der Waals surface area contributed by atoms with Gasteiger partial charge < -0.3 is 0 Å². The highest BCUT2D eigenvalue weighted by molar-refractivity contribution is 7.27. The minimum atomic E-state index is 0.651. The van der Waals surface area contributed by atoms with E-state index in [1.807, 2.05) is 36.4 Å². The molecule has 0 unspecified atom stereocenters. The van der Waals surface area contributed by atoms with Gasteiger partial charge in [-0.05, 0) is 30.3 Å². The van der Waals surface area contributed by atoms with Crippen molar-refractivity contribution in [3.8, 4) is 56.8 Å². The van der Waals surface area contributed by atoms with Crippen LogP contribution in [0.5, 0.6) is 0 Å². The van der Waals surface area contributed by atoms with Crippen molar-refractivity contribution in [1.29, 1.82) is 0 Å². The maximum absolute atomic E-state index is 5.29. The first kappa shape index (κ1) is 32.5. The van der Waals surface area contributed by atoms with Crippen LogP contribution in [0.1, 0.15) is 0 Å². The molecule has 0 atom stereocenters. The van der Waals surface area contributed by atoms with E-state index >= 15 is 0 Å². The third-order valence-electron chi connectivity index (χ3n) is 10.6. The van der Waals surface area contributed by atoms with Crippen molar-refractivity contribution in [2.24, 2.45) is 0 Å². The second-order valence-corrected chi connectivity index (χ2v) is 17.2. The van der Waals surface area contributed by atoms with Crippen molar-refractivity contribution < 1.29 is 0 Å². The molecule has 0 spiro atoms. The average molecular weight is 782 g/mol. The molecular weight excluding hydrogens is 755 g/mol. The highest BCUT2D eigenvalue weighted by atomic mass is 32.1. The van der Waals surface area contributed by atoms with Gasteiger partial charge in [-0.15, -0.1) is 34.0 Å². The minimum absolute atomic E-state index is 0.651. The Morgan fingerprint density at radius 3 is 1.68 bits per heavy atom. The Bertz CT molecular complexity index is 3530. The molecule has 0 saturated heterocycles. The number of hydrogen-bond donors (Lipinski definition) is 0. The van der Waals surface area contributed by atoms with E-state index in [9.17, 15) is 0 Å². The molecule has 7 aromatic carbocycles. The van der Waals surface area contributed by atoms with Gasteiger partial charge in [0, 0.05) is 78.2 Å². The lowest BCUT2D eigenvalue weighted by atomic mass is 10.0. The van der Waals surface area contributed by atoms with Crippen LogP contribution in [0, 0.1) is 0 Å². The molecule has 0 aliphatic carbocycles. The van der Waals surface area contributed by atoms with E-state index in [1.54, 1.807) is 34.0 Å². The van der Waals surface area contributed by atoms with Gasteiger partial charge >= 0.3 is 0 Å². The largest absolute Gasteiger partial charge is 0.226 e. The first-order valence-electron chi connectivity index (χ1n) is 18.7. The first-order chi connectivity index (χ1) is 28.2. The number of aromatic nitrogens is 5. The second-order valence-electron chi connectivity index (χ2n) is 14.0. The predicted octanol–water partition coefficient (Wildman–Crippen LogP) is 14.1. The second kappa shape index (κ2) is 12.9. The lowest BCUT2D eigenvalue weighted by Gasteiger charge is -2.10. The molecule has 0 aliphatic rings. The lowest BCUT2D eigenvalue weighted by Crippen LogP contribution is -2.00. The summed E-state index contributed by atoms with van der Waals surface area (Å²) in [6, 6.07) is 57.2. The van der Waals surface area contributed by atoms with Gasteiger partial charge in [-0.25, -0.2) is 24.9 Å². The van der Waals surface area contributed by atoms with Crippen molar-refractivity contribution in [3.63, 3.8) is 0 Å². The van der Waals surface area contributed by atoms with Crippen molar-refractivity contribution in [1.82, 2.24) is 24.9 Å². The molecule has 57 heavy (non-hydrogen) atoms. The summed E-state index contributed by atoms with van der Waals surface area (Å²) < 4.78 is 7.07. The fourth-order valence-corrected chi connectivity index (χ4v) is 11.5. The van der Waals surface area contributed by atoms with Gasteiger partial charge in [-0.1, -0.05) is 133 Å². The van der Waals surface area contributed by atoms with Gasteiger partial charge in [0.2, 0.25) is 0 Å². The zero-order valence-corrected chi connectivity index (χ0v) is 32.5. The molecule has 5 nitrogen and oxygen atoms in total. The monoisotopic (exact) mass is 781 g/mol. The minimum Gasteiger partial charge on any atom is -0.226 e. The number of fused-ring (bicyclic) bond motifs is 9. The van der Waals surface area contributed by atoms with Crippen LogP contribution in [0.3, 0.4) is 0 Å². The van der Waals surface area contributed by atoms with Gasteiger partial charge in [-0.3, -0.25) is 0 Å². The summed E-state index contributed by atoms with van der Waals surface area (Å²) in [5.74, 6) is 2.70. The molecule has 12 aromatic rings. The molecule has 0 fully saturated rings. The standard InChI is InChI=1S/C49H27N5S3/c1-3-13-28(14-4-1)46-50-42(45-43(51-46)34-18-8-10-23-38(34)57-45)30-25-26-33-40(27-30)55-39-24-12-20-35(41(33)39)48-52-47(29-15-5-2-6-16-29)53-49(54-48)36-21-11-19-32-31-17-7-9-22-37(31)56-44(32)36/h1-27H. The molecule has 5 aromatic heterocycles. The van der Waals surface area contributed by atoms with E-state index < -0.39 is 0 Å². The first-order valence-corrected chi connectivity index (χ1v) is 21.1. The van der Waals surface area contributed by atoms with E-state index in [0.717, 1.165) is 65.7 Å². The molecule has 266 valence electrons. The Morgan fingerprint density at radius 1 is 0.316 bits per heavy atom. The van der Waals surface area contributed by atoms with Crippen LogP contribution >= 0.6 is 34.0 Å². The summed E-state index contributed by atoms with van der Waals surface area (Å²) in [4.78, 5) is 26.0. The quantitative estimate of drug-likeness (QED) is 0.174. The summed E-state index contributed by atoms with van der Waals surface area (Å²) in [7, 11) is 0. The number of thiophene rings is 3. The zero-order valence-electron chi connectivity index (χ0n) is 30.0. The molecule has 0 N–H and O–H groups in total. The Balaban J connectivity index is 1.06. The van der Waals surface area contributed by atoms with Gasteiger partial charge in [0.25, 0.3) is 0 Å². The van der Waals surface area contributed by atoms with Gasteiger partial charge in [0.1, 0.15) is 0 Å². The van der Waals surface area contributed by atoms with E-state index in [2.05, 4.69) is 127 Å². The summed E-state index contributed by atoms with van der Waals surface area (Å²) >= 11 is 5.33. The van der Waals surface area contributed by atoms with Crippen LogP contribution in [-0.2, 0) is 0 Å². The Kier molecular flexibility index (Phi) is 7.38. The number of benzene rings is 7. The summed E-state index contributed by atoms with van der Waals surface area (Å²) in [5, 5.41) is 5.91. The Hall–Kier alpha value is -6.71. The summed E-state index contributed by atoms with van der Waals surface area (Å²) in [5.41, 5.74) is 6.94. The van der Waals surface area contributed by atoms with Crippen LogP contribution in [0.25, 0.3) is 117 Å². The molecular formula is C49H27N5S3. The van der Waals surface area contributed by atoms with Crippen LogP contribution in [-0.4, -0.2) is 24.9 Å². The number of nitrogens with zero attached hydrogens (tertiary/aromatic N) is 5. The van der Waals surface area contributed by atoms with Crippen LogP contribution < -0.4 is 0 Å². The van der Waals surface area contributed by atoms with E-state index in [-0.39, 0.29) is 0 Å². The van der Waals surface area contributed by atoms with Crippen molar-refractivity contribution in [2.45, 2.75) is 0 Å². The fourth-order valence-electron chi connectivity index (χ4n) is 7.92. The van der Waals surface area contributed by atoms with Crippen LogP contribution in [0.15, 0.2) is 164 Å². The Labute approximate surface area is 338 Å². The maximum atomic E-state index is 5.29. The summed E-state index contributed by atoms with van der Waals surface area (Å²) in [6.07, 6.45) is 0. The highest BCUT2D eigenvalue weighted by Crippen LogP contribution is 2.45. The third kappa shape index (κ3) is 5.29. The van der Waals surface area contributed by atoms with Crippen LogP contribution in [0.4, 0.5) is 0 Å². The molecule has 5 heterocycles. The average Bonchev–Trinajstić information content (AvgIpc) is 3.97. The molecule has 0 saturated carbocycles. The topological polar surface area (TPSA) is 64.5 Å². The maximum Gasteiger partial charge on any atom is 0.165 e. The van der Waals surface area contributed by atoms with E-state index in [1.165, 1.54) is 34.3 Å². The number of rotatable bonds is 5. The molecule has 0 amide bonds. The summed E-state index contributed by atoms with van der Waals surface area (Å²) in [6.45, 7) is 0. The van der Waals surface area contributed by atoms with Gasteiger partial charge in [0.05, 0.1) is 15.9 Å². The molecule has 0 aliphatic heterocycles. The van der Waals surface area contributed by atoms with Crippen molar-refractivity contribution in [2.75, 3.05) is 0 Å². The molecule has 0 bridgehead atoms. The number of hydrogen-bond acceptors (Lipinski definition) is 8. The van der Waals surface area contributed by atoms with Gasteiger partial charge in [-0.2, -0.15) is 0 Å². The lowest BCUT2D eigenvalue weighted by molar-refractivity contribution is 1.08. The van der Waals surface area contributed by atoms with Crippen molar-refractivity contribution in [3.05, 3.63) is 164 Å². The van der Waals surface area contributed by atoms with Crippen LogP contribution in [0.2, 0.25) is 0 Å². The third-order valence-corrected chi connectivity index (χ3v) is 14.1. The highest BCUT2D eigenvalue weighted by Gasteiger charge is 2.21. The molecule has 8 heteroatoms. The predicted molar refractivity (Wildman–Crippen MR) is 241 cm³/mol. The molecule has 12 rings (SSSR count). The van der Waals surface area contributed by atoms with E-state index in [4.69, 9.17) is 24.9 Å². The normalized spacial score (nSPS) is 11.9. The van der Waals surface area contributed by atoms with Gasteiger partial charge in [0.15, 0.2) is 23.3 Å². The SMILES string of the molecule is c1ccc(-c2nc(-c3cccc4c3sc3ccccc34)nc(-c3cccc4sc5cc(-c6nc(-c7ccccc7)nc7c6sc6ccccc67)ccc5c34)n2)cc1. The zero-order chi connectivity index (χ0) is 37.5. The van der Waals surface area contributed by atoms with Crippen molar-refractivity contribution >= 4 is 94.7 Å². The fraction of sp³-hybridized carbons (Fsp3) is 0. The Morgan fingerprint density at radius 2 is 0.895 bits per heavy atom.